The Bertz CT molecular complexity index is 2120. The van der Waals surface area contributed by atoms with E-state index in [2.05, 4.69) is 19.6 Å². The number of piperidine rings is 1. The number of carbonyl (C=O) groups is 1. The third kappa shape index (κ3) is 7.87. The number of aromatic nitrogens is 3. The van der Waals surface area contributed by atoms with Crippen LogP contribution in [0.2, 0.25) is 0 Å². The lowest BCUT2D eigenvalue weighted by Gasteiger charge is -2.32. The zero-order valence-electron chi connectivity index (χ0n) is 27.1. The van der Waals surface area contributed by atoms with E-state index >= 15 is 0 Å². The Labute approximate surface area is 283 Å². The van der Waals surface area contributed by atoms with Gasteiger partial charge >= 0.3 is 5.97 Å². The summed E-state index contributed by atoms with van der Waals surface area (Å²) in [6, 6.07) is 17.3. The second kappa shape index (κ2) is 14.4. The van der Waals surface area contributed by atoms with Crippen LogP contribution in [-0.2, 0) is 21.8 Å². The third-order valence-electron chi connectivity index (χ3n) is 8.32. The monoisotopic (exact) mass is 687 g/mol. The van der Waals surface area contributed by atoms with Crippen molar-refractivity contribution in [2.75, 3.05) is 41.7 Å². The molecule has 0 unspecified atom stereocenters. The maximum Gasteiger partial charge on any atom is 0.337 e. The first kappa shape index (κ1) is 33.6. The number of hydrogen-bond acceptors (Lipinski definition) is 9. The fraction of sp³-hybridized carbons (Fsp3) is 0.286. The van der Waals surface area contributed by atoms with E-state index < -0.39 is 16.0 Å². The van der Waals surface area contributed by atoms with Crippen LogP contribution in [0.5, 0.6) is 17.2 Å². The number of H-pyrrole nitrogens is 1. The van der Waals surface area contributed by atoms with Crippen molar-refractivity contribution >= 4 is 38.4 Å². The van der Waals surface area contributed by atoms with Crippen LogP contribution >= 0.6 is 0 Å². The van der Waals surface area contributed by atoms with Gasteiger partial charge in [-0.3, -0.25) is 9.52 Å². The molecular formula is C35H37N5O8S. The van der Waals surface area contributed by atoms with Crippen LogP contribution in [0.3, 0.4) is 0 Å². The van der Waals surface area contributed by atoms with Crippen molar-refractivity contribution in [3.05, 3.63) is 95.2 Å². The van der Waals surface area contributed by atoms with Crippen molar-refractivity contribution in [3.8, 4) is 28.4 Å². The second-order valence-corrected chi connectivity index (χ2v) is 13.6. The van der Waals surface area contributed by atoms with E-state index in [1.165, 1.54) is 10.8 Å². The summed E-state index contributed by atoms with van der Waals surface area (Å²) in [5, 5.41) is 9.76. The Morgan fingerprint density at radius 2 is 1.84 bits per heavy atom. The van der Waals surface area contributed by atoms with Gasteiger partial charge in [0.25, 0.3) is 5.56 Å². The van der Waals surface area contributed by atoms with Crippen molar-refractivity contribution in [3.63, 3.8) is 0 Å². The molecular weight excluding hydrogens is 650 g/mol. The minimum Gasteiger partial charge on any atom is -0.491 e. The highest BCUT2D eigenvalue weighted by Gasteiger charge is 2.21. The maximum atomic E-state index is 12.7. The van der Waals surface area contributed by atoms with E-state index in [0.717, 1.165) is 31.7 Å². The highest BCUT2D eigenvalue weighted by atomic mass is 32.2. The van der Waals surface area contributed by atoms with Crippen LogP contribution < -0.4 is 24.7 Å². The molecule has 0 spiro atoms. The van der Waals surface area contributed by atoms with E-state index in [9.17, 15) is 18.0 Å². The van der Waals surface area contributed by atoms with Gasteiger partial charge in [0.2, 0.25) is 10.0 Å². The molecule has 1 aliphatic heterocycles. The number of carboxylic acids is 1. The maximum absolute atomic E-state index is 12.7. The number of fused-ring (bicyclic) bond motifs is 1. The fourth-order valence-electron chi connectivity index (χ4n) is 5.71. The molecule has 1 fully saturated rings. The molecule has 256 valence electrons. The molecule has 13 nitrogen and oxygen atoms in total. The highest BCUT2D eigenvalue weighted by molar-refractivity contribution is 7.92. The number of aryl methyl sites for hydroxylation is 1. The number of aromatic amines is 1. The summed E-state index contributed by atoms with van der Waals surface area (Å²) in [5.41, 5.74) is 2.06. The number of hydrogen-bond donors (Lipinski definition) is 3. The molecule has 0 aliphatic carbocycles. The number of ether oxygens (including phenoxy) is 3. The number of nitrogens with zero attached hydrogens (tertiary/aromatic N) is 3. The SMILES string of the molecule is CCS(=O)(=O)Nc1ccc(Oc2cccc(OCCOC3CCN(c4ccc(C(=O)O)cn4)CC3)c2)c(-c2cn(C)c(=O)c3[nH]ccc23)c1. The summed E-state index contributed by atoms with van der Waals surface area (Å²) >= 11 is 0. The van der Waals surface area contributed by atoms with Gasteiger partial charge in [-0.1, -0.05) is 6.07 Å². The normalized spacial score (nSPS) is 13.8. The van der Waals surface area contributed by atoms with E-state index in [0.29, 0.717) is 58.2 Å². The van der Waals surface area contributed by atoms with Crippen molar-refractivity contribution in [1.29, 1.82) is 0 Å². The van der Waals surface area contributed by atoms with Gasteiger partial charge in [0, 0.05) is 67.0 Å². The van der Waals surface area contributed by atoms with E-state index in [1.54, 1.807) is 74.9 Å². The Morgan fingerprint density at radius 1 is 1.04 bits per heavy atom. The quantitative estimate of drug-likeness (QED) is 0.139. The molecule has 14 heteroatoms. The smallest absolute Gasteiger partial charge is 0.337 e. The zero-order chi connectivity index (χ0) is 34.5. The van der Waals surface area contributed by atoms with E-state index in [-0.39, 0.29) is 23.0 Å². The molecule has 6 rings (SSSR count). The number of aromatic carboxylic acids is 1. The van der Waals surface area contributed by atoms with Crippen molar-refractivity contribution in [2.24, 2.45) is 7.05 Å². The largest absolute Gasteiger partial charge is 0.491 e. The third-order valence-corrected chi connectivity index (χ3v) is 9.62. The summed E-state index contributed by atoms with van der Waals surface area (Å²) in [7, 11) is -1.87. The standard InChI is InChI=1S/C35H37N5O8S/c1-3-49(44,45)38-24-8-9-31(29(19-24)30-22-39(2)34(41)33-28(30)11-14-36-33)48-27-6-4-5-26(20-27)47-18-17-46-25-12-15-40(16-13-25)32-10-7-23(21-37-32)35(42)43/h4-11,14,19-22,25,36,38H,3,12-13,15-18H2,1-2H3,(H,42,43). The molecule has 49 heavy (non-hydrogen) atoms. The minimum absolute atomic E-state index is 0.0796. The van der Waals surface area contributed by atoms with Crippen LogP contribution in [-0.4, -0.2) is 72.2 Å². The van der Waals surface area contributed by atoms with E-state index in [4.69, 9.17) is 19.3 Å². The van der Waals surface area contributed by atoms with Crippen molar-refractivity contribution in [1.82, 2.24) is 14.5 Å². The number of pyridine rings is 2. The molecule has 1 aliphatic rings. The molecule has 0 radical (unpaired) electrons. The Balaban J connectivity index is 1.10. The lowest BCUT2D eigenvalue weighted by Crippen LogP contribution is -2.38. The number of rotatable bonds is 13. The average Bonchev–Trinajstić information content (AvgIpc) is 3.60. The highest BCUT2D eigenvalue weighted by Crippen LogP contribution is 2.39. The van der Waals surface area contributed by atoms with Crippen LogP contribution in [0.4, 0.5) is 11.5 Å². The summed E-state index contributed by atoms with van der Waals surface area (Å²) in [6.07, 6.45) is 6.49. The van der Waals surface area contributed by atoms with E-state index in [1.807, 2.05) is 12.1 Å². The second-order valence-electron chi connectivity index (χ2n) is 11.6. The Morgan fingerprint density at radius 3 is 2.57 bits per heavy atom. The summed E-state index contributed by atoms with van der Waals surface area (Å²) in [6.45, 7) is 3.82. The van der Waals surface area contributed by atoms with Gasteiger partial charge in [-0.15, -0.1) is 0 Å². The number of anilines is 2. The van der Waals surface area contributed by atoms with Crippen molar-refractivity contribution < 1.29 is 32.5 Å². The number of nitrogens with one attached hydrogen (secondary N) is 2. The summed E-state index contributed by atoms with van der Waals surface area (Å²) in [5.74, 6) is 1.24. The first-order valence-corrected chi connectivity index (χ1v) is 17.5. The lowest BCUT2D eigenvalue weighted by atomic mass is 10.0. The number of sulfonamides is 1. The summed E-state index contributed by atoms with van der Waals surface area (Å²) in [4.78, 5) is 33.2. The molecule has 5 aromatic rings. The van der Waals surface area contributed by atoms with Gasteiger partial charge in [0.1, 0.15) is 35.2 Å². The first-order valence-electron chi connectivity index (χ1n) is 15.9. The molecule has 0 amide bonds. The molecule has 1 saturated heterocycles. The molecule has 0 saturated carbocycles. The van der Waals surface area contributed by atoms with Gasteiger partial charge in [-0.25, -0.2) is 18.2 Å². The van der Waals surface area contributed by atoms with Gasteiger partial charge in [0.15, 0.2) is 0 Å². The van der Waals surface area contributed by atoms with Crippen LogP contribution in [0.15, 0.2) is 84.0 Å². The van der Waals surface area contributed by atoms with Gasteiger partial charge in [-0.2, -0.15) is 0 Å². The van der Waals surface area contributed by atoms with Gasteiger partial charge in [0.05, 0.1) is 24.0 Å². The topological polar surface area (TPSA) is 165 Å². The molecule has 3 aromatic heterocycles. The zero-order valence-corrected chi connectivity index (χ0v) is 27.9. The molecule has 0 bridgehead atoms. The van der Waals surface area contributed by atoms with Crippen LogP contribution in [0.1, 0.15) is 30.1 Å². The Hall–Kier alpha value is -5.34. The van der Waals surface area contributed by atoms with Gasteiger partial charge in [-0.05, 0) is 68.3 Å². The first-order chi connectivity index (χ1) is 23.6. The fourth-order valence-corrected chi connectivity index (χ4v) is 6.34. The Kier molecular flexibility index (Phi) is 9.87. The number of carboxylic acid groups (broad SMARTS) is 1. The van der Waals surface area contributed by atoms with Gasteiger partial charge < -0.3 is 33.8 Å². The predicted molar refractivity (Wildman–Crippen MR) is 186 cm³/mol. The summed E-state index contributed by atoms with van der Waals surface area (Å²) < 4.78 is 47.2. The number of benzene rings is 2. The molecule has 3 N–H and O–H groups in total. The molecule has 2 aromatic carbocycles. The average molecular weight is 688 g/mol. The lowest BCUT2D eigenvalue weighted by molar-refractivity contribution is 0.0202. The minimum atomic E-state index is -3.53. The van der Waals surface area contributed by atoms with Crippen LogP contribution in [0.25, 0.3) is 22.0 Å². The van der Waals surface area contributed by atoms with Crippen LogP contribution in [0, 0.1) is 0 Å². The predicted octanol–water partition coefficient (Wildman–Crippen LogP) is 5.25. The molecule has 4 heterocycles. The van der Waals surface area contributed by atoms with Crippen molar-refractivity contribution in [2.45, 2.75) is 25.9 Å². The molecule has 0 atom stereocenters.